The number of para-hydroxylation sites is 1. The minimum Gasteiger partial charge on any atom is -0.484 e. The van der Waals surface area contributed by atoms with Crippen LogP contribution in [-0.4, -0.2) is 48.3 Å². The normalized spacial score (nSPS) is 15.2. The third-order valence-electron chi connectivity index (χ3n) is 5.63. The van der Waals surface area contributed by atoms with Crippen LogP contribution in [0.2, 0.25) is 0 Å². The Morgan fingerprint density at radius 1 is 1.26 bits per heavy atom. The number of benzene rings is 1. The smallest absolute Gasteiger partial charge is 0.422 e. The van der Waals surface area contributed by atoms with E-state index in [1.807, 2.05) is 37.3 Å². The molecule has 0 unspecified atom stereocenters. The Morgan fingerprint density at radius 3 is 2.54 bits per heavy atom. The van der Waals surface area contributed by atoms with Gasteiger partial charge in [0.2, 0.25) is 0 Å². The fourth-order valence-electron chi connectivity index (χ4n) is 3.86. The van der Waals surface area contributed by atoms with Crippen molar-refractivity contribution in [1.82, 2.24) is 9.88 Å². The summed E-state index contributed by atoms with van der Waals surface area (Å²) in [6.45, 7) is 0.389. The van der Waals surface area contributed by atoms with E-state index in [0.29, 0.717) is 43.7 Å². The van der Waals surface area contributed by atoms with E-state index in [4.69, 9.17) is 10.5 Å². The zero-order valence-corrected chi connectivity index (χ0v) is 19.3. The van der Waals surface area contributed by atoms with Gasteiger partial charge in [-0.3, -0.25) is 4.79 Å². The lowest BCUT2D eigenvalue weighted by atomic mass is 9.94. The second-order valence-electron chi connectivity index (χ2n) is 8.17. The lowest BCUT2D eigenvalue weighted by Crippen LogP contribution is -2.39. The first-order chi connectivity index (χ1) is 16.7. The maximum Gasteiger partial charge on any atom is 0.422 e. The summed E-state index contributed by atoms with van der Waals surface area (Å²) in [5.41, 5.74) is 8.46. The molecule has 1 aromatic heterocycles. The van der Waals surface area contributed by atoms with Crippen LogP contribution in [0.4, 0.5) is 34.9 Å². The first kappa shape index (κ1) is 26.3. The number of likely N-dealkylation sites (tertiary alicyclic amines) is 1. The zero-order valence-electron chi connectivity index (χ0n) is 19.3. The molecule has 1 aromatic carbocycles. The van der Waals surface area contributed by atoms with Crippen molar-refractivity contribution >= 4 is 28.9 Å². The number of nitrogens with one attached hydrogen (secondary N) is 1. The number of hydrogen-bond acceptors (Lipinski definition) is 6. The number of carbonyl (C=O) groups is 1. The van der Waals surface area contributed by atoms with Crippen LogP contribution in [0.1, 0.15) is 31.0 Å². The zero-order chi connectivity index (χ0) is 25.4. The molecule has 1 amide bonds. The number of nitrogens with two attached hydrogens (primary N) is 1. The van der Waals surface area contributed by atoms with Crippen LogP contribution >= 0.6 is 0 Å². The Balaban J connectivity index is 1.90. The highest BCUT2D eigenvalue weighted by molar-refractivity contribution is 5.77. The van der Waals surface area contributed by atoms with E-state index >= 15 is 0 Å². The lowest BCUT2D eigenvalue weighted by Gasteiger charge is -2.30. The maximum absolute atomic E-state index is 13.0. The molecule has 1 aliphatic heterocycles. The van der Waals surface area contributed by atoms with Crippen molar-refractivity contribution in [2.24, 2.45) is 5.92 Å². The van der Waals surface area contributed by atoms with Crippen molar-refractivity contribution < 1.29 is 32.2 Å². The molecule has 1 fully saturated rings. The summed E-state index contributed by atoms with van der Waals surface area (Å²) in [6.07, 6.45) is -1.46. The minimum atomic E-state index is -4.54. The Kier molecular flexibility index (Phi) is 8.91. The van der Waals surface area contributed by atoms with Gasteiger partial charge >= 0.3 is 6.18 Å². The average Bonchev–Trinajstić information content (AvgIpc) is 2.83. The number of nitrogen functional groups attached to an aromatic ring is 1. The number of pyridine rings is 1. The average molecular weight is 497 g/mol. The molecule has 3 N–H and O–H groups in total. The van der Waals surface area contributed by atoms with E-state index in [1.54, 1.807) is 12.1 Å². The summed E-state index contributed by atoms with van der Waals surface area (Å²) < 4.78 is 56.2. The molecule has 0 atom stereocenters. The first-order valence-corrected chi connectivity index (χ1v) is 11.2. The van der Waals surface area contributed by atoms with Crippen molar-refractivity contribution in [1.29, 1.82) is 0 Å². The molecule has 3 rings (SSSR count). The number of halogens is 4. The number of piperidine rings is 1. The predicted octanol–water partition coefficient (Wildman–Crippen LogP) is 5.03. The molecule has 0 saturated carbocycles. The van der Waals surface area contributed by atoms with E-state index < -0.39 is 25.3 Å². The van der Waals surface area contributed by atoms with Gasteiger partial charge < -0.3 is 20.7 Å². The van der Waals surface area contributed by atoms with Gasteiger partial charge in [0.05, 0.1) is 16.9 Å². The van der Waals surface area contributed by atoms with Gasteiger partial charge in [0.25, 0.3) is 5.91 Å². The van der Waals surface area contributed by atoms with E-state index in [-0.39, 0.29) is 23.1 Å². The van der Waals surface area contributed by atoms with Gasteiger partial charge in [-0.25, -0.2) is 4.98 Å². The molecule has 1 saturated heterocycles. The Bertz CT molecular complexity index is 1020. The Labute approximate surface area is 200 Å². The molecule has 0 radical (unpaired) electrons. The fourth-order valence-corrected chi connectivity index (χ4v) is 3.86. The van der Waals surface area contributed by atoms with E-state index in [0.717, 1.165) is 5.69 Å². The summed E-state index contributed by atoms with van der Waals surface area (Å²) in [7, 11) is 0. The monoisotopic (exact) mass is 496 g/mol. The number of aryl methyl sites for hydroxylation is 1. The molecular weight excluding hydrogens is 468 g/mol. The van der Waals surface area contributed by atoms with Crippen LogP contribution in [0.5, 0.6) is 0 Å². The molecule has 35 heavy (non-hydrogen) atoms. The second kappa shape index (κ2) is 11.9. The van der Waals surface area contributed by atoms with Gasteiger partial charge in [0, 0.05) is 18.8 Å². The van der Waals surface area contributed by atoms with E-state index in [2.05, 4.69) is 15.2 Å². The van der Waals surface area contributed by atoms with Gasteiger partial charge in [-0.1, -0.05) is 25.1 Å². The summed E-state index contributed by atoms with van der Waals surface area (Å²) in [4.78, 5) is 21.1. The quantitative estimate of drug-likeness (QED) is 0.374. The number of carbonyl (C=O) groups excluding carboxylic acids is 1. The number of hydrogen-bond donors (Lipinski definition) is 2. The third kappa shape index (κ3) is 7.57. The summed E-state index contributed by atoms with van der Waals surface area (Å²) in [5.74, 6) is -0.627. The van der Waals surface area contributed by atoms with Gasteiger partial charge in [-0.15, -0.1) is 0 Å². The highest BCUT2D eigenvalue weighted by Gasteiger charge is 2.30. The molecule has 1 aliphatic rings. The topological polar surface area (TPSA) is 89.7 Å². The van der Waals surface area contributed by atoms with Crippen LogP contribution in [-0.2, 0) is 20.9 Å². The standard InChI is InChI=1S/C24H28F4N4O3/c1-2-19-20(30-17-6-4-3-5-7-17)13-18(23(29)31-19)21(34-15-24(25,26)27)12-16-8-10-32(11-9-16)22(33)14-35-28/h3-7,12-13,16,30H,2,8-11,14-15H2,1H3,(H2,29,31)/b21-12-. The maximum atomic E-state index is 13.0. The van der Waals surface area contributed by atoms with Crippen molar-refractivity contribution in [3.8, 4) is 0 Å². The molecule has 2 aromatic rings. The summed E-state index contributed by atoms with van der Waals surface area (Å²) >= 11 is 0. The van der Waals surface area contributed by atoms with Crippen molar-refractivity contribution in [2.45, 2.75) is 32.4 Å². The number of nitrogens with zero attached hydrogens (tertiary/aromatic N) is 2. The summed E-state index contributed by atoms with van der Waals surface area (Å²) in [6, 6.07) is 10.9. The lowest BCUT2D eigenvalue weighted by molar-refractivity contribution is -0.165. The van der Waals surface area contributed by atoms with E-state index in [9.17, 15) is 22.5 Å². The molecular formula is C24H28F4N4O3. The van der Waals surface area contributed by atoms with E-state index in [1.165, 1.54) is 4.90 Å². The van der Waals surface area contributed by atoms with Crippen LogP contribution in [0.3, 0.4) is 0 Å². The van der Waals surface area contributed by atoms with Gasteiger partial charge in [-0.2, -0.15) is 18.1 Å². The molecule has 0 bridgehead atoms. The van der Waals surface area contributed by atoms with Crippen molar-refractivity contribution in [2.75, 3.05) is 37.4 Å². The molecule has 7 nitrogen and oxygen atoms in total. The van der Waals surface area contributed by atoms with Crippen molar-refractivity contribution in [3.05, 3.63) is 53.7 Å². The third-order valence-corrected chi connectivity index (χ3v) is 5.63. The molecule has 190 valence electrons. The minimum absolute atomic E-state index is 0.0250. The Hall–Kier alpha value is -3.34. The molecule has 2 heterocycles. The molecule has 0 spiro atoms. The van der Waals surface area contributed by atoms with Gasteiger partial charge in [-0.05, 0) is 54.0 Å². The van der Waals surface area contributed by atoms with Gasteiger partial charge in [0.15, 0.2) is 13.2 Å². The number of anilines is 3. The number of amides is 1. The van der Waals surface area contributed by atoms with Crippen LogP contribution in [0.25, 0.3) is 5.76 Å². The number of allylic oxidation sites excluding steroid dienone is 1. The van der Waals surface area contributed by atoms with Crippen LogP contribution < -0.4 is 11.1 Å². The number of ether oxygens (including phenoxy) is 1. The second-order valence-corrected chi connectivity index (χ2v) is 8.17. The highest BCUT2D eigenvalue weighted by Crippen LogP contribution is 2.33. The highest BCUT2D eigenvalue weighted by atomic mass is 19.4. The molecule has 11 heteroatoms. The van der Waals surface area contributed by atoms with Crippen LogP contribution in [0, 0.1) is 5.92 Å². The molecule has 0 aliphatic carbocycles. The fraction of sp³-hybridized carbons (Fsp3) is 0.417. The number of alkyl halides is 3. The number of rotatable bonds is 9. The predicted molar refractivity (Wildman–Crippen MR) is 124 cm³/mol. The Morgan fingerprint density at radius 2 is 1.94 bits per heavy atom. The first-order valence-electron chi connectivity index (χ1n) is 11.2. The number of aromatic nitrogens is 1. The largest absolute Gasteiger partial charge is 0.484 e. The van der Waals surface area contributed by atoms with Crippen LogP contribution in [0.15, 0.2) is 42.5 Å². The van der Waals surface area contributed by atoms with Crippen molar-refractivity contribution in [3.63, 3.8) is 0 Å². The van der Waals surface area contributed by atoms with Gasteiger partial charge in [0.1, 0.15) is 11.6 Å². The summed E-state index contributed by atoms with van der Waals surface area (Å²) in [5, 5.41) is 3.24. The SMILES string of the molecule is CCc1nc(N)c(/C(=C/C2CCN(C(=O)COF)CC2)OCC(F)(F)F)cc1Nc1ccccc1.